The number of aromatic amines is 1. The largest absolute Gasteiger partial charge is 0.453 e. The first-order chi connectivity index (χ1) is 8.69. The lowest BCUT2D eigenvalue weighted by Gasteiger charge is -2.25. The topological polar surface area (TPSA) is 45.3 Å². The third-order valence-corrected chi connectivity index (χ3v) is 3.61. The minimum atomic E-state index is -0.280. The molecule has 1 aromatic carbocycles. The fourth-order valence-corrected chi connectivity index (χ4v) is 2.67. The predicted octanol–water partition coefficient (Wildman–Crippen LogP) is 2.95. The van der Waals surface area contributed by atoms with Crippen LogP contribution in [0, 0.1) is 0 Å². The molecular weight excluding hydrogens is 252 g/mol. The zero-order valence-corrected chi connectivity index (χ0v) is 10.8. The van der Waals surface area contributed by atoms with E-state index < -0.39 is 0 Å². The van der Waals surface area contributed by atoms with Gasteiger partial charge < -0.3 is 14.6 Å². The molecule has 1 N–H and O–H groups in total. The van der Waals surface area contributed by atoms with E-state index >= 15 is 0 Å². The highest BCUT2D eigenvalue weighted by molar-refractivity contribution is 6.31. The van der Waals surface area contributed by atoms with Crippen molar-refractivity contribution < 1.29 is 9.53 Å². The van der Waals surface area contributed by atoms with E-state index in [9.17, 15) is 4.79 Å². The fourth-order valence-electron chi connectivity index (χ4n) is 2.50. The van der Waals surface area contributed by atoms with Gasteiger partial charge in [0, 0.05) is 28.2 Å². The van der Waals surface area contributed by atoms with Crippen LogP contribution in [0.5, 0.6) is 0 Å². The summed E-state index contributed by atoms with van der Waals surface area (Å²) < 4.78 is 4.75. The third-order valence-electron chi connectivity index (χ3n) is 3.37. The van der Waals surface area contributed by atoms with E-state index in [1.54, 1.807) is 4.90 Å². The Kier molecular flexibility index (Phi) is 2.67. The Morgan fingerprint density at radius 1 is 1.50 bits per heavy atom. The summed E-state index contributed by atoms with van der Waals surface area (Å²) in [6.45, 7) is 1.24. The SMILES string of the molecule is COC(=O)N1CCc2c([nH]c3ccc(Cl)cc23)C1. The molecule has 1 aliphatic heterocycles. The van der Waals surface area contributed by atoms with Gasteiger partial charge in [-0.1, -0.05) is 11.6 Å². The maximum atomic E-state index is 11.5. The minimum absolute atomic E-state index is 0.280. The van der Waals surface area contributed by atoms with Gasteiger partial charge in [-0.15, -0.1) is 0 Å². The van der Waals surface area contributed by atoms with E-state index in [0.29, 0.717) is 13.1 Å². The molecule has 1 aromatic heterocycles. The van der Waals surface area contributed by atoms with Crippen molar-refractivity contribution in [1.29, 1.82) is 0 Å². The number of nitrogens with zero attached hydrogens (tertiary/aromatic N) is 1. The van der Waals surface area contributed by atoms with Gasteiger partial charge in [0.1, 0.15) is 0 Å². The van der Waals surface area contributed by atoms with Gasteiger partial charge in [-0.05, 0) is 30.2 Å². The third kappa shape index (κ3) is 1.73. The average Bonchev–Trinajstić information content (AvgIpc) is 2.74. The first-order valence-corrected chi connectivity index (χ1v) is 6.18. The highest BCUT2D eigenvalue weighted by Crippen LogP contribution is 2.29. The molecule has 2 aromatic rings. The summed E-state index contributed by atoms with van der Waals surface area (Å²) in [4.78, 5) is 16.6. The van der Waals surface area contributed by atoms with Crippen LogP contribution >= 0.6 is 11.6 Å². The predicted molar refractivity (Wildman–Crippen MR) is 69.8 cm³/mol. The summed E-state index contributed by atoms with van der Waals surface area (Å²) in [7, 11) is 1.41. The van der Waals surface area contributed by atoms with Crippen LogP contribution in [0.1, 0.15) is 11.3 Å². The number of halogens is 1. The van der Waals surface area contributed by atoms with E-state index in [2.05, 4.69) is 4.98 Å². The quantitative estimate of drug-likeness (QED) is 0.795. The Hall–Kier alpha value is -1.68. The molecule has 0 bridgehead atoms. The van der Waals surface area contributed by atoms with Crippen LogP contribution in [0.2, 0.25) is 5.02 Å². The number of ether oxygens (including phenoxy) is 1. The maximum Gasteiger partial charge on any atom is 0.409 e. The highest BCUT2D eigenvalue weighted by Gasteiger charge is 2.24. The van der Waals surface area contributed by atoms with Crippen molar-refractivity contribution in [3.8, 4) is 0 Å². The summed E-state index contributed by atoms with van der Waals surface area (Å²) in [5.74, 6) is 0. The number of rotatable bonds is 0. The molecule has 4 nitrogen and oxygen atoms in total. The number of amides is 1. The van der Waals surface area contributed by atoms with Gasteiger partial charge in [-0.2, -0.15) is 0 Å². The van der Waals surface area contributed by atoms with Crippen molar-refractivity contribution in [2.45, 2.75) is 13.0 Å². The molecule has 5 heteroatoms. The normalized spacial score (nSPS) is 14.7. The lowest BCUT2D eigenvalue weighted by Crippen LogP contribution is -2.35. The zero-order valence-electron chi connectivity index (χ0n) is 10.00. The Bertz CT molecular complexity index is 621. The van der Waals surface area contributed by atoms with Gasteiger partial charge in [-0.3, -0.25) is 0 Å². The lowest BCUT2D eigenvalue weighted by molar-refractivity contribution is 0.118. The molecule has 0 fully saturated rings. The second-order valence-corrected chi connectivity index (χ2v) is 4.85. The summed E-state index contributed by atoms with van der Waals surface area (Å²) in [5.41, 5.74) is 3.40. The van der Waals surface area contributed by atoms with Gasteiger partial charge in [0.15, 0.2) is 0 Å². The molecule has 1 aliphatic rings. The molecule has 0 aliphatic carbocycles. The summed E-state index contributed by atoms with van der Waals surface area (Å²) in [6.07, 6.45) is 0.544. The van der Waals surface area contributed by atoms with Crippen molar-refractivity contribution in [1.82, 2.24) is 9.88 Å². The molecule has 18 heavy (non-hydrogen) atoms. The van der Waals surface area contributed by atoms with Crippen molar-refractivity contribution >= 4 is 28.6 Å². The smallest absolute Gasteiger partial charge is 0.409 e. The van der Waals surface area contributed by atoms with Crippen LogP contribution in [-0.2, 0) is 17.7 Å². The standard InChI is InChI=1S/C13H13ClN2O2/c1-18-13(17)16-5-4-9-10-6-8(14)2-3-11(10)15-12(9)7-16/h2-3,6,15H,4-5,7H2,1H3. The molecule has 3 rings (SSSR count). The number of carbonyl (C=O) groups is 1. The van der Waals surface area contributed by atoms with Crippen LogP contribution in [0.15, 0.2) is 18.2 Å². The van der Waals surface area contributed by atoms with Crippen LogP contribution in [0.4, 0.5) is 4.79 Å². The molecule has 0 saturated heterocycles. The van der Waals surface area contributed by atoms with Crippen molar-refractivity contribution in [2.24, 2.45) is 0 Å². The van der Waals surface area contributed by atoms with E-state index in [1.807, 2.05) is 18.2 Å². The fraction of sp³-hybridized carbons (Fsp3) is 0.308. The minimum Gasteiger partial charge on any atom is -0.453 e. The van der Waals surface area contributed by atoms with Crippen molar-refractivity contribution in [3.05, 3.63) is 34.5 Å². The van der Waals surface area contributed by atoms with E-state index in [4.69, 9.17) is 16.3 Å². The molecule has 1 amide bonds. The molecule has 94 valence electrons. The van der Waals surface area contributed by atoms with Crippen molar-refractivity contribution in [3.63, 3.8) is 0 Å². The lowest BCUT2D eigenvalue weighted by atomic mass is 10.0. The number of aromatic nitrogens is 1. The summed E-state index contributed by atoms with van der Waals surface area (Å²) >= 11 is 6.02. The number of hydrogen-bond acceptors (Lipinski definition) is 2. The monoisotopic (exact) mass is 264 g/mol. The van der Waals surface area contributed by atoms with E-state index in [-0.39, 0.29) is 6.09 Å². The molecule has 0 atom stereocenters. The molecule has 2 heterocycles. The Morgan fingerprint density at radius 2 is 2.33 bits per heavy atom. The summed E-state index contributed by atoms with van der Waals surface area (Å²) in [5, 5.41) is 1.89. The Balaban J connectivity index is 2.02. The van der Waals surface area contributed by atoms with Gasteiger partial charge in [0.25, 0.3) is 0 Å². The number of nitrogens with one attached hydrogen (secondary N) is 1. The Labute approximate surface area is 109 Å². The van der Waals surface area contributed by atoms with Gasteiger partial charge in [0.05, 0.1) is 13.7 Å². The number of methoxy groups -OCH3 is 1. The van der Waals surface area contributed by atoms with Gasteiger partial charge >= 0.3 is 6.09 Å². The molecule has 0 saturated carbocycles. The second kappa shape index (κ2) is 4.21. The van der Waals surface area contributed by atoms with Crippen LogP contribution in [0.25, 0.3) is 10.9 Å². The Morgan fingerprint density at radius 3 is 3.11 bits per heavy atom. The molecule has 0 unspecified atom stereocenters. The second-order valence-electron chi connectivity index (χ2n) is 4.41. The molecular formula is C13H13ClN2O2. The van der Waals surface area contributed by atoms with Crippen LogP contribution in [0.3, 0.4) is 0 Å². The van der Waals surface area contributed by atoms with Gasteiger partial charge in [-0.25, -0.2) is 4.79 Å². The van der Waals surface area contributed by atoms with Crippen LogP contribution < -0.4 is 0 Å². The zero-order chi connectivity index (χ0) is 12.7. The number of carbonyl (C=O) groups excluding carboxylic acids is 1. The van der Waals surface area contributed by atoms with Crippen LogP contribution in [-0.4, -0.2) is 29.6 Å². The number of H-pyrrole nitrogens is 1. The van der Waals surface area contributed by atoms with E-state index in [0.717, 1.165) is 28.0 Å². The highest BCUT2D eigenvalue weighted by atomic mass is 35.5. The average molecular weight is 265 g/mol. The number of benzene rings is 1. The first kappa shape index (κ1) is 11.4. The maximum absolute atomic E-state index is 11.5. The number of fused-ring (bicyclic) bond motifs is 3. The van der Waals surface area contributed by atoms with Gasteiger partial charge in [0.2, 0.25) is 0 Å². The van der Waals surface area contributed by atoms with E-state index in [1.165, 1.54) is 12.7 Å². The first-order valence-electron chi connectivity index (χ1n) is 5.81. The molecule has 0 spiro atoms. The summed E-state index contributed by atoms with van der Waals surface area (Å²) in [6, 6.07) is 5.81. The molecule has 0 radical (unpaired) electrons. The number of hydrogen-bond donors (Lipinski definition) is 1. The van der Waals surface area contributed by atoms with Crippen molar-refractivity contribution in [2.75, 3.05) is 13.7 Å².